The lowest BCUT2D eigenvalue weighted by Gasteiger charge is -2.28. The smallest absolute Gasteiger partial charge is 0.320 e. The second-order valence-electron chi connectivity index (χ2n) is 4.08. The fraction of sp³-hybridized carbons (Fsp3) is 0.545. The minimum atomic E-state index is -0.416. The zero-order chi connectivity index (χ0) is 12.7. The molecular formula is C11H18N4O2. The molecule has 3 N–H and O–H groups in total. The SMILES string of the molecule is CCC(C)(CCO)NC(=O)Nc1cccnn1. The van der Waals surface area contributed by atoms with E-state index in [1.54, 1.807) is 12.1 Å². The van der Waals surface area contributed by atoms with Gasteiger partial charge in [0.2, 0.25) is 0 Å². The van der Waals surface area contributed by atoms with Crippen LogP contribution in [-0.4, -0.2) is 33.5 Å². The average molecular weight is 238 g/mol. The van der Waals surface area contributed by atoms with Gasteiger partial charge in [-0.05, 0) is 31.9 Å². The number of amides is 2. The van der Waals surface area contributed by atoms with Crippen LogP contribution in [0.15, 0.2) is 18.3 Å². The van der Waals surface area contributed by atoms with E-state index in [9.17, 15) is 4.79 Å². The van der Waals surface area contributed by atoms with E-state index in [1.165, 1.54) is 6.20 Å². The monoisotopic (exact) mass is 238 g/mol. The molecule has 1 aromatic heterocycles. The second kappa shape index (κ2) is 6.15. The van der Waals surface area contributed by atoms with Crippen molar-refractivity contribution in [3.8, 4) is 0 Å². The van der Waals surface area contributed by atoms with Gasteiger partial charge in [-0.3, -0.25) is 5.32 Å². The average Bonchev–Trinajstić information content (AvgIpc) is 2.30. The van der Waals surface area contributed by atoms with E-state index in [4.69, 9.17) is 5.11 Å². The number of rotatable bonds is 5. The number of aromatic nitrogens is 2. The summed E-state index contributed by atoms with van der Waals surface area (Å²) in [5.41, 5.74) is -0.416. The predicted molar refractivity (Wildman–Crippen MR) is 64.6 cm³/mol. The van der Waals surface area contributed by atoms with Crippen molar-refractivity contribution >= 4 is 11.8 Å². The maximum atomic E-state index is 11.7. The Hall–Kier alpha value is -1.69. The first kappa shape index (κ1) is 13.4. The molecule has 94 valence electrons. The van der Waals surface area contributed by atoms with Crippen LogP contribution >= 0.6 is 0 Å². The number of aliphatic hydroxyl groups excluding tert-OH is 1. The molecule has 0 aliphatic heterocycles. The van der Waals surface area contributed by atoms with Gasteiger partial charge in [0, 0.05) is 18.3 Å². The van der Waals surface area contributed by atoms with Crippen molar-refractivity contribution < 1.29 is 9.90 Å². The van der Waals surface area contributed by atoms with Gasteiger partial charge in [-0.1, -0.05) is 6.92 Å². The molecule has 6 nitrogen and oxygen atoms in total. The first-order valence-electron chi connectivity index (χ1n) is 5.57. The third-order valence-electron chi connectivity index (χ3n) is 2.67. The molecule has 0 spiro atoms. The largest absolute Gasteiger partial charge is 0.396 e. The van der Waals surface area contributed by atoms with Crippen molar-refractivity contribution in [2.45, 2.75) is 32.2 Å². The van der Waals surface area contributed by atoms with Gasteiger partial charge in [0.1, 0.15) is 0 Å². The molecule has 1 rings (SSSR count). The van der Waals surface area contributed by atoms with Crippen molar-refractivity contribution in [2.75, 3.05) is 11.9 Å². The highest BCUT2D eigenvalue weighted by Gasteiger charge is 2.23. The van der Waals surface area contributed by atoms with E-state index in [1.807, 2.05) is 13.8 Å². The molecule has 0 aromatic carbocycles. The quantitative estimate of drug-likeness (QED) is 0.718. The summed E-state index contributed by atoms with van der Waals surface area (Å²) in [4.78, 5) is 11.7. The fourth-order valence-corrected chi connectivity index (χ4v) is 1.36. The van der Waals surface area contributed by atoms with Crippen LogP contribution in [-0.2, 0) is 0 Å². The zero-order valence-electron chi connectivity index (χ0n) is 10.1. The molecule has 0 radical (unpaired) electrons. The lowest BCUT2D eigenvalue weighted by Crippen LogP contribution is -2.48. The molecule has 0 saturated heterocycles. The Morgan fingerprint density at radius 2 is 2.35 bits per heavy atom. The third kappa shape index (κ3) is 4.36. The van der Waals surface area contributed by atoms with Crippen LogP contribution in [0.2, 0.25) is 0 Å². The van der Waals surface area contributed by atoms with Crippen LogP contribution in [0.5, 0.6) is 0 Å². The molecule has 1 aromatic rings. The molecule has 0 aliphatic rings. The molecule has 17 heavy (non-hydrogen) atoms. The summed E-state index contributed by atoms with van der Waals surface area (Å²) in [6, 6.07) is 3.00. The van der Waals surface area contributed by atoms with Crippen molar-refractivity contribution in [2.24, 2.45) is 0 Å². The van der Waals surface area contributed by atoms with Crippen LogP contribution in [0.25, 0.3) is 0 Å². The van der Waals surface area contributed by atoms with Gasteiger partial charge >= 0.3 is 6.03 Å². The highest BCUT2D eigenvalue weighted by Crippen LogP contribution is 2.13. The molecule has 0 fully saturated rings. The van der Waals surface area contributed by atoms with Crippen LogP contribution in [0.1, 0.15) is 26.7 Å². The van der Waals surface area contributed by atoms with Crippen LogP contribution in [0.3, 0.4) is 0 Å². The first-order valence-corrected chi connectivity index (χ1v) is 5.57. The number of aliphatic hydroxyl groups is 1. The lowest BCUT2D eigenvalue weighted by molar-refractivity contribution is 0.208. The number of carbonyl (C=O) groups excluding carboxylic acids is 1. The number of anilines is 1. The molecule has 0 bridgehead atoms. The van der Waals surface area contributed by atoms with Crippen LogP contribution < -0.4 is 10.6 Å². The Bertz CT molecular complexity index is 358. The van der Waals surface area contributed by atoms with E-state index >= 15 is 0 Å². The van der Waals surface area contributed by atoms with Gasteiger partial charge in [0.15, 0.2) is 5.82 Å². The molecule has 2 amide bonds. The molecule has 1 atom stereocenters. The first-order chi connectivity index (χ1) is 8.09. The molecule has 1 unspecified atom stereocenters. The number of urea groups is 1. The summed E-state index contributed by atoms with van der Waals surface area (Å²) < 4.78 is 0. The van der Waals surface area contributed by atoms with Crippen molar-refractivity contribution in [1.82, 2.24) is 15.5 Å². The summed E-state index contributed by atoms with van der Waals surface area (Å²) in [7, 11) is 0. The van der Waals surface area contributed by atoms with Gasteiger partial charge in [-0.15, -0.1) is 5.10 Å². The van der Waals surface area contributed by atoms with Crippen molar-refractivity contribution in [1.29, 1.82) is 0 Å². The number of carbonyl (C=O) groups is 1. The number of hydrogen-bond donors (Lipinski definition) is 3. The Morgan fingerprint density at radius 1 is 1.59 bits per heavy atom. The van der Waals surface area contributed by atoms with Crippen LogP contribution in [0, 0.1) is 0 Å². The lowest BCUT2D eigenvalue weighted by atomic mass is 9.95. The highest BCUT2D eigenvalue weighted by atomic mass is 16.3. The summed E-state index contributed by atoms with van der Waals surface area (Å²) in [5, 5.41) is 21.7. The Balaban J connectivity index is 2.54. The van der Waals surface area contributed by atoms with E-state index in [2.05, 4.69) is 20.8 Å². The summed E-state index contributed by atoms with van der Waals surface area (Å²) in [6.45, 7) is 3.88. The standard InChI is InChI=1S/C11H18N4O2/c1-3-11(2,6-8-16)14-10(17)13-9-5-4-7-12-15-9/h4-5,7,16H,3,6,8H2,1-2H3,(H2,13,14,15,17). The maximum Gasteiger partial charge on any atom is 0.320 e. The van der Waals surface area contributed by atoms with E-state index in [-0.39, 0.29) is 12.6 Å². The van der Waals surface area contributed by atoms with Crippen LogP contribution in [0.4, 0.5) is 10.6 Å². The van der Waals surface area contributed by atoms with Gasteiger partial charge in [-0.2, -0.15) is 5.10 Å². The predicted octanol–water partition coefficient (Wildman–Crippen LogP) is 1.15. The molecule has 0 saturated carbocycles. The Morgan fingerprint density at radius 3 is 2.88 bits per heavy atom. The topological polar surface area (TPSA) is 87.1 Å². The number of nitrogens with one attached hydrogen (secondary N) is 2. The molecule has 0 aliphatic carbocycles. The number of hydrogen-bond acceptors (Lipinski definition) is 4. The third-order valence-corrected chi connectivity index (χ3v) is 2.67. The van der Waals surface area contributed by atoms with Gasteiger partial charge in [0.25, 0.3) is 0 Å². The van der Waals surface area contributed by atoms with E-state index in [0.717, 1.165) is 6.42 Å². The van der Waals surface area contributed by atoms with Crippen molar-refractivity contribution in [3.05, 3.63) is 18.3 Å². The van der Waals surface area contributed by atoms with E-state index < -0.39 is 5.54 Å². The maximum absolute atomic E-state index is 11.7. The summed E-state index contributed by atoms with van der Waals surface area (Å²) in [5.74, 6) is 0.396. The van der Waals surface area contributed by atoms with Gasteiger partial charge in [0.05, 0.1) is 0 Å². The van der Waals surface area contributed by atoms with Crippen molar-refractivity contribution in [3.63, 3.8) is 0 Å². The summed E-state index contributed by atoms with van der Waals surface area (Å²) in [6.07, 6.45) is 2.78. The van der Waals surface area contributed by atoms with Gasteiger partial charge in [-0.25, -0.2) is 4.79 Å². The molecular weight excluding hydrogens is 220 g/mol. The zero-order valence-corrected chi connectivity index (χ0v) is 10.1. The Kier molecular flexibility index (Phi) is 4.84. The fourth-order valence-electron chi connectivity index (χ4n) is 1.36. The second-order valence-corrected chi connectivity index (χ2v) is 4.08. The van der Waals surface area contributed by atoms with E-state index in [0.29, 0.717) is 12.2 Å². The molecule has 6 heteroatoms. The minimum Gasteiger partial charge on any atom is -0.396 e. The molecule has 1 heterocycles. The normalized spacial score (nSPS) is 13.8. The Labute approximate surface area is 100 Å². The highest BCUT2D eigenvalue weighted by molar-refractivity contribution is 5.88. The number of nitrogens with zero attached hydrogens (tertiary/aromatic N) is 2. The summed E-state index contributed by atoms with van der Waals surface area (Å²) >= 11 is 0. The minimum absolute atomic E-state index is 0.0375. The van der Waals surface area contributed by atoms with Gasteiger partial charge < -0.3 is 10.4 Å².